The molecule has 0 fully saturated rings. The number of hydrogen-bond acceptors (Lipinski definition) is 5. The number of carbonyl (C=O) groups is 3. The largest absolute Gasteiger partial charge is 0.479 e. The van der Waals surface area contributed by atoms with Crippen LogP contribution in [0.4, 0.5) is 4.79 Å². The fourth-order valence-electron chi connectivity index (χ4n) is 2.12. The molecule has 7 heteroatoms. The molecule has 0 aliphatic heterocycles. The summed E-state index contributed by atoms with van der Waals surface area (Å²) in [5.74, 6) is -0.870. The Hall–Kier alpha value is -2.57. The first-order chi connectivity index (χ1) is 12.4. The first kappa shape index (κ1) is 22.5. The maximum atomic E-state index is 12.1. The zero-order valence-electron chi connectivity index (χ0n) is 17.1. The zero-order chi connectivity index (χ0) is 20.8. The van der Waals surface area contributed by atoms with E-state index in [-0.39, 0.29) is 11.5 Å². The van der Waals surface area contributed by atoms with E-state index in [0.29, 0.717) is 5.75 Å². The summed E-state index contributed by atoms with van der Waals surface area (Å²) in [4.78, 5) is 35.5. The second kappa shape index (κ2) is 9.39. The van der Waals surface area contributed by atoms with Crippen molar-refractivity contribution in [2.24, 2.45) is 0 Å². The minimum Gasteiger partial charge on any atom is -0.479 e. The molecule has 3 amide bonds. The van der Waals surface area contributed by atoms with E-state index < -0.39 is 30.1 Å². The average molecular weight is 378 g/mol. The molecule has 0 unspecified atom stereocenters. The van der Waals surface area contributed by atoms with Crippen LogP contribution in [0.25, 0.3) is 0 Å². The molecule has 7 nitrogen and oxygen atoms in total. The number of imide groups is 1. The maximum absolute atomic E-state index is 12.1. The molecule has 0 aromatic heterocycles. The lowest BCUT2D eigenvalue weighted by atomic mass is 9.87. The second-order valence-corrected chi connectivity index (χ2v) is 7.73. The van der Waals surface area contributed by atoms with Gasteiger partial charge in [-0.1, -0.05) is 32.9 Å². The van der Waals surface area contributed by atoms with Gasteiger partial charge >= 0.3 is 12.0 Å². The van der Waals surface area contributed by atoms with Gasteiger partial charge in [-0.2, -0.15) is 0 Å². The van der Waals surface area contributed by atoms with Gasteiger partial charge in [-0.15, -0.1) is 0 Å². The van der Waals surface area contributed by atoms with Crippen LogP contribution in [0.1, 0.15) is 54.0 Å². The number of nitrogens with one attached hydrogen (secondary N) is 2. The predicted molar refractivity (Wildman–Crippen MR) is 103 cm³/mol. The molecule has 1 aromatic rings. The molecule has 0 spiro atoms. The molecule has 27 heavy (non-hydrogen) atoms. The fraction of sp³-hybridized carbons (Fsp3) is 0.550. The summed E-state index contributed by atoms with van der Waals surface area (Å²) < 4.78 is 10.6. The van der Waals surface area contributed by atoms with Crippen LogP contribution >= 0.6 is 0 Å². The van der Waals surface area contributed by atoms with Gasteiger partial charge < -0.3 is 14.8 Å². The second-order valence-electron chi connectivity index (χ2n) is 7.73. The van der Waals surface area contributed by atoms with E-state index in [4.69, 9.17) is 9.47 Å². The molecule has 0 bridgehead atoms. The van der Waals surface area contributed by atoms with E-state index in [0.717, 1.165) is 5.56 Å². The van der Waals surface area contributed by atoms with Crippen molar-refractivity contribution in [1.82, 2.24) is 10.6 Å². The van der Waals surface area contributed by atoms with Gasteiger partial charge in [0.25, 0.3) is 5.91 Å². The SMILES string of the molecule is CC(C)NC(=O)NC(=O)[C@H](C)OC(=O)[C@@H](C)Oc1ccc(C(C)(C)C)cc1. The van der Waals surface area contributed by atoms with Gasteiger partial charge in [0.1, 0.15) is 5.75 Å². The first-order valence-corrected chi connectivity index (χ1v) is 8.99. The molecule has 0 radical (unpaired) electrons. The Morgan fingerprint density at radius 2 is 1.48 bits per heavy atom. The number of rotatable bonds is 6. The number of urea groups is 1. The molecule has 0 aliphatic carbocycles. The summed E-state index contributed by atoms with van der Waals surface area (Å²) >= 11 is 0. The average Bonchev–Trinajstić information content (AvgIpc) is 2.53. The molecule has 1 aromatic carbocycles. The van der Waals surface area contributed by atoms with Gasteiger partial charge in [-0.3, -0.25) is 10.1 Å². The number of hydrogen-bond donors (Lipinski definition) is 2. The van der Waals surface area contributed by atoms with E-state index in [1.54, 1.807) is 26.0 Å². The van der Waals surface area contributed by atoms with Crippen molar-refractivity contribution >= 4 is 17.9 Å². The lowest BCUT2D eigenvalue weighted by Gasteiger charge is -2.20. The third-order valence-electron chi connectivity index (χ3n) is 3.68. The van der Waals surface area contributed by atoms with Crippen molar-refractivity contribution in [3.8, 4) is 5.75 Å². The molecule has 2 atom stereocenters. The number of benzene rings is 1. The van der Waals surface area contributed by atoms with E-state index >= 15 is 0 Å². The number of esters is 1. The Kier molecular flexibility index (Phi) is 7.82. The van der Waals surface area contributed by atoms with Crippen molar-refractivity contribution in [2.45, 2.75) is 72.1 Å². The number of ether oxygens (including phenoxy) is 2. The van der Waals surface area contributed by atoms with Crippen LogP contribution in [-0.2, 0) is 19.7 Å². The molecular formula is C20H30N2O5. The summed E-state index contributed by atoms with van der Waals surface area (Å²) in [6, 6.07) is 6.70. The van der Waals surface area contributed by atoms with Crippen LogP contribution < -0.4 is 15.4 Å². The molecule has 1 rings (SSSR count). The van der Waals surface area contributed by atoms with Crippen LogP contribution in [0.5, 0.6) is 5.75 Å². The predicted octanol–water partition coefficient (Wildman–Crippen LogP) is 2.92. The highest BCUT2D eigenvalue weighted by Gasteiger charge is 2.24. The van der Waals surface area contributed by atoms with Crippen LogP contribution in [-0.4, -0.2) is 36.2 Å². The van der Waals surface area contributed by atoms with Crippen molar-refractivity contribution in [3.05, 3.63) is 29.8 Å². The summed E-state index contributed by atoms with van der Waals surface area (Å²) in [6.07, 6.45) is -2.02. The van der Waals surface area contributed by atoms with Gasteiger partial charge in [0.2, 0.25) is 0 Å². The van der Waals surface area contributed by atoms with Crippen LogP contribution in [0.3, 0.4) is 0 Å². The molecule has 150 valence electrons. The van der Waals surface area contributed by atoms with E-state index in [1.165, 1.54) is 13.8 Å². The highest BCUT2D eigenvalue weighted by molar-refractivity contribution is 5.97. The van der Waals surface area contributed by atoms with Crippen LogP contribution in [0.15, 0.2) is 24.3 Å². The molecule has 2 N–H and O–H groups in total. The summed E-state index contributed by atoms with van der Waals surface area (Å²) in [5, 5.41) is 4.63. The van der Waals surface area contributed by atoms with Crippen molar-refractivity contribution < 1.29 is 23.9 Å². The number of carbonyl (C=O) groups excluding carboxylic acids is 3. The molecule has 0 heterocycles. The van der Waals surface area contributed by atoms with Gasteiger partial charge in [-0.25, -0.2) is 9.59 Å². The summed E-state index contributed by atoms with van der Waals surface area (Å²) in [7, 11) is 0. The van der Waals surface area contributed by atoms with Crippen LogP contribution in [0, 0.1) is 0 Å². The normalized spacial score (nSPS) is 13.5. The lowest BCUT2D eigenvalue weighted by molar-refractivity contribution is -0.160. The minimum atomic E-state index is -1.12. The topological polar surface area (TPSA) is 93.7 Å². The van der Waals surface area contributed by atoms with Crippen LogP contribution in [0.2, 0.25) is 0 Å². The highest BCUT2D eigenvalue weighted by Crippen LogP contribution is 2.24. The molecule has 0 saturated heterocycles. The lowest BCUT2D eigenvalue weighted by Crippen LogP contribution is -2.47. The smallest absolute Gasteiger partial charge is 0.347 e. The van der Waals surface area contributed by atoms with E-state index in [1.807, 2.05) is 12.1 Å². The van der Waals surface area contributed by atoms with E-state index in [9.17, 15) is 14.4 Å². The standard InChI is InChI=1S/C20H30N2O5/c1-12(2)21-19(25)22-17(23)13(3)27-18(24)14(4)26-16-10-8-15(9-11-16)20(5,6)7/h8-14H,1-7H3,(H2,21,22,23,25)/t13-,14+/m0/s1. The molecular weight excluding hydrogens is 348 g/mol. The Bertz CT molecular complexity index is 662. The van der Waals surface area contributed by atoms with Gasteiger partial charge in [0.15, 0.2) is 12.2 Å². The first-order valence-electron chi connectivity index (χ1n) is 8.99. The fourth-order valence-corrected chi connectivity index (χ4v) is 2.12. The third kappa shape index (κ3) is 7.68. The quantitative estimate of drug-likeness (QED) is 0.743. The van der Waals surface area contributed by atoms with Crippen molar-refractivity contribution in [3.63, 3.8) is 0 Å². The summed E-state index contributed by atoms with van der Waals surface area (Å²) in [6.45, 7) is 12.8. The highest BCUT2D eigenvalue weighted by atomic mass is 16.6. The Balaban J connectivity index is 2.56. The van der Waals surface area contributed by atoms with Gasteiger partial charge in [0, 0.05) is 6.04 Å². The maximum Gasteiger partial charge on any atom is 0.347 e. The summed E-state index contributed by atoms with van der Waals surface area (Å²) in [5.41, 5.74) is 1.17. The minimum absolute atomic E-state index is 0.0216. The Labute approximate surface area is 160 Å². The van der Waals surface area contributed by atoms with E-state index in [2.05, 4.69) is 31.4 Å². The van der Waals surface area contributed by atoms with Gasteiger partial charge in [0.05, 0.1) is 0 Å². The molecule has 0 saturated carbocycles. The van der Waals surface area contributed by atoms with Gasteiger partial charge in [-0.05, 0) is 50.8 Å². The third-order valence-corrected chi connectivity index (χ3v) is 3.68. The Morgan fingerprint density at radius 1 is 0.926 bits per heavy atom. The zero-order valence-corrected chi connectivity index (χ0v) is 17.1. The number of amides is 3. The molecule has 0 aliphatic rings. The monoisotopic (exact) mass is 378 g/mol. The van der Waals surface area contributed by atoms with Crippen molar-refractivity contribution in [1.29, 1.82) is 0 Å². The van der Waals surface area contributed by atoms with Crippen molar-refractivity contribution in [2.75, 3.05) is 0 Å². The Morgan fingerprint density at radius 3 is 1.96 bits per heavy atom.